The van der Waals surface area contributed by atoms with Gasteiger partial charge in [0, 0.05) is 12.5 Å². The van der Waals surface area contributed by atoms with E-state index in [1.54, 1.807) is 0 Å². The number of nitrogens with zero attached hydrogens (tertiary/aromatic N) is 3. The second-order valence-corrected chi connectivity index (χ2v) is 7.77. The number of fused-ring (bicyclic) bond motifs is 1. The van der Waals surface area contributed by atoms with Crippen molar-refractivity contribution < 1.29 is 9.53 Å². The predicted octanol–water partition coefficient (Wildman–Crippen LogP) is 2.77. The largest absolute Gasteiger partial charge is 0.363 e. The zero-order chi connectivity index (χ0) is 17.0. The van der Waals surface area contributed by atoms with Gasteiger partial charge in [0.1, 0.15) is 18.0 Å². The molecule has 1 saturated heterocycles. The highest BCUT2D eigenvalue weighted by Gasteiger charge is 2.46. The first-order chi connectivity index (χ1) is 12.1. The molecule has 3 aliphatic rings. The van der Waals surface area contributed by atoms with Crippen LogP contribution in [0.1, 0.15) is 30.7 Å². The molecule has 1 amide bonds. The summed E-state index contributed by atoms with van der Waals surface area (Å²) in [5.74, 6) is 1.59. The van der Waals surface area contributed by atoms with Gasteiger partial charge in [-0.2, -0.15) is 0 Å². The number of aryl methyl sites for hydroxylation is 1. The van der Waals surface area contributed by atoms with Crippen LogP contribution in [0.25, 0.3) is 11.3 Å². The van der Waals surface area contributed by atoms with Crippen molar-refractivity contribution in [2.45, 2.75) is 44.9 Å². The van der Waals surface area contributed by atoms with Gasteiger partial charge < -0.3 is 14.2 Å². The van der Waals surface area contributed by atoms with Gasteiger partial charge >= 0.3 is 0 Å². The van der Waals surface area contributed by atoms with Crippen molar-refractivity contribution in [2.75, 3.05) is 13.1 Å². The Hall–Kier alpha value is -2.14. The topological polar surface area (TPSA) is 47.4 Å². The molecule has 0 N–H and O–H groups in total. The molecule has 3 heterocycles. The average Bonchev–Trinajstić information content (AvgIpc) is 3.28. The van der Waals surface area contributed by atoms with Crippen molar-refractivity contribution in [3.05, 3.63) is 41.9 Å². The van der Waals surface area contributed by atoms with Gasteiger partial charge in [-0.05, 0) is 31.7 Å². The van der Waals surface area contributed by atoms with Crippen LogP contribution in [0.2, 0.25) is 0 Å². The molecule has 5 heteroatoms. The number of benzene rings is 1. The number of hydrogen-bond donors (Lipinski definition) is 0. The molecular weight excluding hydrogens is 314 g/mol. The standard InChI is InChI=1S/C20H23N3O2/c1-14-2-4-15(5-3-14)17-10-21-18-11-25-20(13-23(17)18)8-9-22(12-20)19(24)16-6-7-16/h2-5,10,16H,6-9,11-13H2,1H3. The fourth-order valence-corrected chi connectivity index (χ4v) is 4.08. The molecule has 2 aliphatic heterocycles. The lowest BCUT2D eigenvalue weighted by molar-refractivity contribution is -0.134. The maximum Gasteiger partial charge on any atom is 0.225 e. The van der Waals surface area contributed by atoms with Gasteiger partial charge in [-0.1, -0.05) is 29.8 Å². The van der Waals surface area contributed by atoms with E-state index in [-0.39, 0.29) is 11.5 Å². The van der Waals surface area contributed by atoms with Crippen LogP contribution in [0.3, 0.4) is 0 Å². The zero-order valence-corrected chi connectivity index (χ0v) is 14.6. The Labute approximate surface area is 147 Å². The van der Waals surface area contributed by atoms with E-state index < -0.39 is 0 Å². The molecule has 5 rings (SSSR count). The second kappa shape index (κ2) is 5.43. The maximum absolute atomic E-state index is 12.4. The van der Waals surface area contributed by atoms with Crippen LogP contribution < -0.4 is 0 Å². The maximum atomic E-state index is 12.4. The molecule has 1 spiro atoms. The summed E-state index contributed by atoms with van der Waals surface area (Å²) >= 11 is 0. The Morgan fingerprint density at radius 3 is 2.80 bits per heavy atom. The molecule has 2 fully saturated rings. The number of rotatable bonds is 2. The van der Waals surface area contributed by atoms with E-state index in [0.717, 1.165) is 43.9 Å². The van der Waals surface area contributed by atoms with E-state index in [4.69, 9.17) is 4.74 Å². The quantitative estimate of drug-likeness (QED) is 0.847. The number of aromatic nitrogens is 2. The molecule has 25 heavy (non-hydrogen) atoms. The Morgan fingerprint density at radius 1 is 1.24 bits per heavy atom. The van der Waals surface area contributed by atoms with Crippen LogP contribution in [0.15, 0.2) is 30.5 Å². The molecule has 130 valence electrons. The van der Waals surface area contributed by atoms with Crippen molar-refractivity contribution >= 4 is 5.91 Å². The third-order valence-electron chi connectivity index (χ3n) is 5.79. The molecule has 2 aromatic rings. The van der Waals surface area contributed by atoms with E-state index >= 15 is 0 Å². The van der Waals surface area contributed by atoms with E-state index in [1.807, 2.05) is 11.1 Å². The third kappa shape index (κ3) is 2.58. The average molecular weight is 337 g/mol. The van der Waals surface area contributed by atoms with Crippen molar-refractivity contribution in [3.63, 3.8) is 0 Å². The summed E-state index contributed by atoms with van der Waals surface area (Å²) in [5.41, 5.74) is 3.33. The van der Waals surface area contributed by atoms with Gasteiger partial charge in [0.25, 0.3) is 0 Å². The second-order valence-electron chi connectivity index (χ2n) is 7.77. The Balaban J connectivity index is 1.41. The Bertz CT molecular complexity index is 822. The van der Waals surface area contributed by atoms with Crippen LogP contribution in [0.5, 0.6) is 0 Å². The van der Waals surface area contributed by atoms with E-state index in [9.17, 15) is 4.79 Å². The molecule has 1 aromatic heterocycles. The number of ether oxygens (including phenoxy) is 1. The number of amides is 1. The first kappa shape index (κ1) is 15.1. The van der Waals surface area contributed by atoms with E-state index in [0.29, 0.717) is 19.1 Å². The van der Waals surface area contributed by atoms with Crippen molar-refractivity contribution in [2.24, 2.45) is 5.92 Å². The molecule has 5 nitrogen and oxygen atoms in total. The fraction of sp³-hybridized carbons (Fsp3) is 0.500. The highest BCUT2D eigenvalue weighted by Crippen LogP contribution is 2.38. The summed E-state index contributed by atoms with van der Waals surface area (Å²) in [6.07, 6.45) is 4.99. The first-order valence-corrected chi connectivity index (χ1v) is 9.18. The molecule has 0 bridgehead atoms. The summed E-state index contributed by atoms with van der Waals surface area (Å²) in [6, 6.07) is 8.57. The van der Waals surface area contributed by atoms with Crippen molar-refractivity contribution in [3.8, 4) is 11.3 Å². The first-order valence-electron chi connectivity index (χ1n) is 9.18. The molecule has 1 unspecified atom stereocenters. The van der Waals surface area contributed by atoms with Gasteiger partial charge in [-0.25, -0.2) is 4.98 Å². The van der Waals surface area contributed by atoms with Crippen LogP contribution in [0, 0.1) is 12.8 Å². The van der Waals surface area contributed by atoms with Crippen LogP contribution in [-0.2, 0) is 22.7 Å². The SMILES string of the molecule is Cc1ccc(-c2cnc3n2CC2(CCN(C(=O)C4CC4)C2)OC3)cc1. The van der Waals surface area contributed by atoms with Crippen LogP contribution in [-0.4, -0.2) is 39.0 Å². The lowest BCUT2D eigenvalue weighted by Crippen LogP contribution is -2.45. The lowest BCUT2D eigenvalue weighted by atomic mass is 10.0. The normalized spacial score (nSPS) is 25.4. The van der Waals surface area contributed by atoms with Crippen molar-refractivity contribution in [1.82, 2.24) is 14.5 Å². The van der Waals surface area contributed by atoms with Crippen LogP contribution >= 0.6 is 0 Å². The number of carbonyl (C=O) groups is 1. The number of carbonyl (C=O) groups excluding carboxylic acids is 1. The number of likely N-dealkylation sites (tertiary alicyclic amines) is 1. The molecular formula is C20H23N3O2. The van der Waals surface area contributed by atoms with Gasteiger partial charge in [-0.3, -0.25) is 4.79 Å². The van der Waals surface area contributed by atoms with E-state index in [2.05, 4.69) is 40.7 Å². The highest BCUT2D eigenvalue weighted by molar-refractivity contribution is 5.81. The number of hydrogen-bond acceptors (Lipinski definition) is 3. The van der Waals surface area contributed by atoms with Crippen molar-refractivity contribution in [1.29, 1.82) is 0 Å². The smallest absolute Gasteiger partial charge is 0.225 e. The monoisotopic (exact) mass is 337 g/mol. The summed E-state index contributed by atoms with van der Waals surface area (Å²) < 4.78 is 8.52. The fourth-order valence-electron chi connectivity index (χ4n) is 4.08. The summed E-state index contributed by atoms with van der Waals surface area (Å²) in [6.45, 7) is 4.94. The molecule has 1 aromatic carbocycles. The minimum atomic E-state index is -0.252. The minimum absolute atomic E-state index is 0.252. The highest BCUT2D eigenvalue weighted by atomic mass is 16.5. The Kier molecular flexibility index (Phi) is 3.29. The third-order valence-corrected chi connectivity index (χ3v) is 5.79. The minimum Gasteiger partial charge on any atom is -0.363 e. The van der Waals surface area contributed by atoms with Gasteiger partial charge in [-0.15, -0.1) is 0 Å². The van der Waals surface area contributed by atoms with Gasteiger partial charge in [0.05, 0.1) is 25.0 Å². The summed E-state index contributed by atoms with van der Waals surface area (Å²) in [7, 11) is 0. The van der Waals surface area contributed by atoms with Crippen LogP contribution in [0.4, 0.5) is 0 Å². The zero-order valence-electron chi connectivity index (χ0n) is 14.6. The molecule has 1 aliphatic carbocycles. The molecule has 1 saturated carbocycles. The molecule has 0 radical (unpaired) electrons. The lowest BCUT2D eigenvalue weighted by Gasteiger charge is -2.35. The summed E-state index contributed by atoms with van der Waals surface area (Å²) in [5, 5.41) is 0. The summed E-state index contributed by atoms with van der Waals surface area (Å²) in [4.78, 5) is 19.0. The number of imidazole rings is 1. The van der Waals surface area contributed by atoms with Gasteiger partial charge in [0.15, 0.2) is 0 Å². The van der Waals surface area contributed by atoms with E-state index in [1.165, 1.54) is 11.1 Å². The predicted molar refractivity (Wildman–Crippen MR) is 93.8 cm³/mol. The molecule has 1 atom stereocenters. The van der Waals surface area contributed by atoms with Gasteiger partial charge in [0.2, 0.25) is 5.91 Å². The Morgan fingerprint density at radius 2 is 2.04 bits per heavy atom.